The van der Waals surface area contributed by atoms with Crippen molar-refractivity contribution in [2.75, 3.05) is 20.3 Å². The van der Waals surface area contributed by atoms with Crippen LogP contribution in [0.4, 0.5) is 0 Å². The second kappa shape index (κ2) is 10.1. The Hall–Kier alpha value is -2.91. The molecular formula is C16H21N3O6. The molecule has 1 heterocycles. The number of aliphatic hydroxyl groups excluding tert-OH is 1. The van der Waals surface area contributed by atoms with E-state index in [1.807, 2.05) is 17.1 Å². The molecule has 9 heteroatoms. The quantitative estimate of drug-likeness (QED) is 0.469. The van der Waals surface area contributed by atoms with Crippen molar-refractivity contribution in [3.8, 4) is 5.75 Å². The normalized spacial score (nSPS) is 9.88. The minimum Gasteiger partial charge on any atom is -0.497 e. The number of aryl methyl sites for hydroxylation is 1. The number of carboxylic acids is 1. The molecule has 2 aromatic rings. The zero-order valence-electron chi connectivity index (χ0n) is 13.7. The third-order valence-corrected chi connectivity index (χ3v) is 3.18. The van der Waals surface area contributed by atoms with Gasteiger partial charge in [-0.2, -0.15) is 0 Å². The fourth-order valence-corrected chi connectivity index (χ4v) is 2.03. The summed E-state index contributed by atoms with van der Waals surface area (Å²) in [7, 11) is 1.55. The molecule has 1 aromatic heterocycles. The van der Waals surface area contributed by atoms with Crippen molar-refractivity contribution in [3.05, 3.63) is 61.9 Å². The number of carboxylic acid groups (broad SMARTS) is 1. The van der Waals surface area contributed by atoms with Gasteiger partial charge in [-0.3, -0.25) is 9.78 Å². The lowest BCUT2D eigenvalue weighted by atomic mass is 10.0. The van der Waals surface area contributed by atoms with Gasteiger partial charge in [0.1, 0.15) is 11.4 Å². The molecule has 0 saturated carbocycles. The molecule has 0 amide bonds. The SMILES string of the molecule is COc1cccc(CCc2c(C(=O)O)[nH]c(=O)[nH]c2=O)c1.NCCO. The first kappa shape index (κ1) is 20.1. The van der Waals surface area contributed by atoms with Crippen LogP contribution in [0.5, 0.6) is 5.75 Å². The molecule has 136 valence electrons. The van der Waals surface area contributed by atoms with Crippen LogP contribution in [0.15, 0.2) is 33.9 Å². The Labute approximate surface area is 143 Å². The van der Waals surface area contributed by atoms with Crippen LogP contribution in [-0.2, 0) is 12.8 Å². The monoisotopic (exact) mass is 351 g/mol. The predicted octanol–water partition coefficient (Wildman–Crippen LogP) is -0.507. The smallest absolute Gasteiger partial charge is 0.352 e. The summed E-state index contributed by atoms with van der Waals surface area (Å²) < 4.78 is 5.10. The molecule has 0 fully saturated rings. The second-order valence-corrected chi connectivity index (χ2v) is 4.93. The van der Waals surface area contributed by atoms with Gasteiger partial charge >= 0.3 is 11.7 Å². The molecule has 0 radical (unpaired) electrons. The maximum atomic E-state index is 11.7. The highest BCUT2D eigenvalue weighted by Gasteiger charge is 2.15. The molecule has 1 aromatic carbocycles. The van der Waals surface area contributed by atoms with Crippen LogP contribution in [0.1, 0.15) is 21.6 Å². The molecule has 0 aliphatic rings. The minimum absolute atomic E-state index is 0.0462. The summed E-state index contributed by atoms with van der Waals surface area (Å²) in [6, 6.07) is 7.26. The summed E-state index contributed by atoms with van der Waals surface area (Å²) in [6.07, 6.45) is 0.646. The Balaban J connectivity index is 0.000000705. The number of aromatic carboxylic acids is 1. The Morgan fingerprint density at radius 2 is 1.92 bits per heavy atom. The predicted molar refractivity (Wildman–Crippen MR) is 91.2 cm³/mol. The van der Waals surface area contributed by atoms with Gasteiger partial charge < -0.3 is 25.7 Å². The number of H-pyrrole nitrogens is 2. The number of aliphatic hydroxyl groups is 1. The molecule has 25 heavy (non-hydrogen) atoms. The van der Waals surface area contributed by atoms with Crippen LogP contribution < -0.4 is 21.7 Å². The van der Waals surface area contributed by atoms with E-state index in [1.165, 1.54) is 0 Å². The van der Waals surface area contributed by atoms with Gasteiger partial charge in [0.2, 0.25) is 0 Å². The molecule has 6 N–H and O–H groups in total. The number of aromatic nitrogens is 2. The van der Waals surface area contributed by atoms with Crippen LogP contribution >= 0.6 is 0 Å². The average Bonchev–Trinajstić information content (AvgIpc) is 2.60. The van der Waals surface area contributed by atoms with Crippen molar-refractivity contribution in [2.24, 2.45) is 5.73 Å². The second-order valence-electron chi connectivity index (χ2n) is 4.93. The van der Waals surface area contributed by atoms with Gasteiger partial charge in [0.05, 0.1) is 13.7 Å². The van der Waals surface area contributed by atoms with E-state index in [-0.39, 0.29) is 24.3 Å². The summed E-state index contributed by atoms with van der Waals surface area (Å²) >= 11 is 0. The van der Waals surface area contributed by atoms with Crippen LogP contribution in [-0.4, -0.2) is 46.4 Å². The van der Waals surface area contributed by atoms with Crippen LogP contribution in [0, 0.1) is 0 Å². The maximum absolute atomic E-state index is 11.7. The fraction of sp³-hybridized carbons (Fsp3) is 0.312. The molecule has 2 rings (SSSR count). The number of methoxy groups -OCH3 is 1. The summed E-state index contributed by atoms with van der Waals surface area (Å²) in [4.78, 5) is 38.2. The zero-order valence-corrected chi connectivity index (χ0v) is 13.7. The van der Waals surface area contributed by atoms with Crippen molar-refractivity contribution >= 4 is 5.97 Å². The van der Waals surface area contributed by atoms with E-state index in [0.29, 0.717) is 18.7 Å². The summed E-state index contributed by atoms with van der Waals surface area (Å²) in [5.74, 6) is -0.653. The summed E-state index contributed by atoms with van der Waals surface area (Å²) in [5.41, 5.74) is 3.84. The molecule has 0 bridgehead atoms. The number of ether oxygens (including phenoxy) is 1. The first-order valence-electron chi connectivity index (χ1n) is 7.45. The minimum atomic E-state index is -1.33. The molecular weight excluding hydrogens is 330 g/mol. The van der Waals surface area contributed by atoms with Crippen LogP contribution in [0.3, 0.4) is 0 Å². The van der Waals surface area contributed by atoms with E-state index in [9.17, 15) is 14.4 Å². The van der Waals surface area contributed by atoms with Gasteiger partial charge in [0.25, 0.3) is 5.56 Å². The number of nitrogens with one attached hydrogen (secondary N) is 2. The number of carbonyl (C=O) groups is 1. The maximum Gasteiger partial charge on any atom is 0.352 e. The van der Waals surface area contributed by atoms with E-state index >= 15 is 0 Å². The van der Waals surface area contributed by atoms with Crippen molar-refractivity contribution in [2.45, 2.75) is 12.8 Å². The number of aromatic amines is 2. The van der Waals surface area contributed by atoms with Crippen molar-refractivity contribution < 1.29 is 19.7 Å². The Morgan fingerprint density at radius 1 is 1.24 bits per heavy atom. The molecule has 0 aliphatic heterocycles. The number of hydrogen-bond donors (Lipinski definition) is 5. The summed E-state index contributed by atoms with van der Waals surface area (Å²) in [5, 5.41) is 16.8. The highest BCUT2D eigenvalue weighted by atomic mass is 16.5. The Kier molecular flexibility index (Phi) is 8.10. The van der Waals surface area contributed by atoms with Gasteiger partial charge in [-0.15, -0.1) is 0 Å². The molecule has 0 aliphatic carbocycles. The van der Waals surface area contributed by atoms with Gasteiger partial charge in [-0.05, 0) is 30.5 Å². The first-order chi connectivity index (χ1) is 11.9. The van der Waals surface area contributed by atoms with E-state index in [1.54, 1.807) is 19.2 Å². The zero-order chi connectivity index (χ0) is 18.8. The van der Waals surface area contributed by atoms with Gasteiger partial charge in [-0.25, -0.2) is 9.59 Å². The average molecular weight is 351 g/mol. The molecule has 9 nitrogen and oxygen atoms in total. The van der Waals surface area contributed by atoms with Crippen molar-refractivity contribution in [3.63, 3.8) is 0 Å². The highest BCUT2D eigenvalue weighted by Crippen LogP contribution is 2.14. The largest absolute Gasteiger partial charge is 0.497 e. The van der Waals surface area contributed by atoms with Gasteiger partial charge in [0, 0.05) is 12.1 Å². The van der Waals surface area contributed by atoms with E-state index in [2.05, 4.69) is 4.98 Å². The molecule has 0 unspecified atom stereocenters. The number of rotatable bonds is 6. The van der Waals surface area contributed by atoms with Gasteiger partial charge in [0.15, 0.2) is 0 Å². The van der Waals surface area contributed by atoms with E-state index < -0.39 is 17.2 Å². The Morgan fingerprint density at radius 3 is 2.48 bits per heavy atom. The lowest BCUT2D eigenvalue weighted by Gasteiger charge is -2.06. The standard InChI is InChI=1S/C14H14N2O5.C2H7NO/c1-21-9-4-2-3-8(7-9)5-6-10-11(13(18)19)15-14(20)16-12(10)17;3-1-2-4/h2-4,7H,5-6H2,1H3,(H,18,19)(H2,15,16,17,20);4H,1-3H2. The topological polar surface area (TPSA) is 158 Å². The molecule has 0 spiro atoms. The van der Waals surface area contributed by atoms with E-state index in [0.717, 1.165) is 5.56 Å². The third kappa shape index (κ3) is 6.24. The molecule has 0 saturated heterocycles. The number of nitrogens with two attached hydrogens (primary N) is 1. The number of benzene rings is 1. The van der Waals surface area contributed by atoms with Crippen LogP contribution in [0.2, 0.25) is 0 Å². The summed E-state index contributed by atoms with van der Waals surface area (Å²) in [6.45, 7) is 0.472. The Bertz CT molecular complexity index is 810. The third-order valence-electron chi connectivity index (χ3n) is 3.18. The van der Waals surface area contributed by atoms with Crippen LogP contribution in [0.25, 0.3) is 0 Å². The van der Waals surface area contributed by atoms with Crippen molar-refractivity contribution in [1.29, 1.82) is 0 Å². The van der Waals surface area contributed by atoms with Gasteiger partial charge in [-0.1, -0.05) is 12.1 Å². The lowest BCUT2D eigenvalue weighted by molar-refractivity contribution is 0.0688. The fourth-order valence-electron chi connectivity index (χ4n) is 2.03. The van der Waals surface area contributed by atoms with E-state index in [4.69, 9.17) is 20.7 Å². The molecule has 0 atom stereocenters. The van der Waals surface area contributed by atoms with Crippen molar-refractivity contribution in [1.82, 2.24) is 9.97 Å². The highest BCUT2D eigenvalue weighted by molar-refractivity contribution is 5.86. The number of hydrogen-bond acceptors (Lipinski definition) is 6. The first-order valence-corrected chi connectivity index (χ1v) is 7.45. The lowest BCUT2D eigenvalue weighted by Crippen LogP contribution is -2.30.